The molecule has 1 saturated heterocycles. The van der Waals surface area contributed by atoms with E-state index < -0.39 is 34.0 Å². The minimum atomic E-state index is -4.08. The van der Waals surface area contributed by atoms with E-state index in [0.29, 0.717) is 30.9 Å². The van der Waals surface area contributed by atoms with Crippen LogP contribution in [0.1, 0.15) is 24.8 Å². The number of carbonyl (C=O) groups excluding carboxylic acids is 2. The van der Waals surface area contributed by atoms with Gasteiger partial charge in [0.25, 0.3) is 0 Å². The molecule has 0 radical (unpaired) electrons. The second kappa shape index (κ2) is 12.2. The number of hydrogen-bond acceptors (Lipinski definition) is 9. The number of benzene rings is 1. The van der Waals surface area contributed by atoms with Gasteiger partial charge in [0.1, 0.15) is 22.7 Å². The molecule has 1 aliphatic rings. The van der Waals surface area contributed by atoms with Crippen molar-refractivity contribution in [1.82, 2.24) is 24.7 Å². The summed E-state index contributed by atoms with van der Waals surface area (Å²) in [6.45, 7) is 2.14. The number of nitrogens with zero attached hydrogens (tertiary/aromatic N) is 3. The molecule has 2 heterocycles. The average Bonchev–Trinajstić information content (AvgIpc) is 3.49. The van der Waals surface area contributed by atoms with Crippen molar-refractivity contribution in [2.24, 2.45) is 7.05 Å². The maximum absolute atomic E-state index is 12.9. The summed E-state index contributed by atoms with van der Waals surface area (Å²) >= 11 is 0. The highest BCUT2D eigenvalue weighted by Gasteiger charge is 2.32. The topological polar surface area (TPSA) is 132 Å². The molecule has 35 heavy (non-hydrogen) atoms. The lowest BCUT2D eigenvalue weighted by atomic mass is 10.1. The van der Waals surface area contributed by atoms with Gasteiger partial charge < -0.3 is 19.7 Å². The highest BCUT2D eigenvalue weighted by Crippen LogP contribution is 2.16. The lowest BCUT2D eigenvalue weighted by Crippen LogP contribution is -2.45. The summed E-state index contributed by atoms with van der Waals surface area (Å²) in [5.74, 6) is -0.996. The Hall–Kier alpha value is -2.80. The van der Waals surface area contributed by atoms with Crippen molar-refractivity contribution in [3.05, 3.63) is 42.2 Å². The zero-order valence-corrected chi connectivity index (χ0v) is 21.1. The molecule has 12 heteroatoms. The molecule has 0 aliphatic carbocycles. The number of rotatable bonds is 12. The lowest BCUT2D eigenvalue weighted by molar-refractivity contribution is -0.162. The van der Waals surface area contributed by atoms with Crippen molar-refractivity contribution in [2.45, 2.75) is 42.7 Å². The van der Waals surface area contributed by atoms with Gasteiger partial charge in [-0.3, -0.25) is 4.68 Å². The molecule has 1 aromatic carbocycles. The van der Waals surface area contributed by atoms with Gasteiger partial charge in [-0.25, -0.2) is 18.0 Å². The van der Waals surface area contributed by atoms with E-state index in [0.717, 1.165) is 19.4 Å². The van der Waals surface area contributed by atoms with Crippen molar-refractivity contribution in [3.63, 3.8) is 0 Å². The third-order valence-electron chi connectivity index (χ3n) is 5.50. The van der Waals surface area contributed by atoms with E-state index in [1.54, 1.807) is 31.3 Å². The molecular weight excluding hydrogens is 474 g/mol. The van der Waals surface area contributed by atoms with E-state index in [9.17, 15) is 18.0 Å². The molecule has 0 spiro atoms. The molecule has 2 aromatic rings. The van der Waals surface area contributed by atoms with Crippen LogP contribution in [0.15, 0.2) is 41.6 Å². The predicted molar refractivity (Wildman–Crippen MR) is 128 cm³/mol. The molecule has 3 rings (SSSR count). The molecule has 0 saturated carbocycles. The molecular formula is C23H33N5O6S. The normalized spacial score (nSPS) is 16.9. The summed E-state index contributed by atoms with van der Waals surface area (Å²) in [7, 11) is 1.50. The highest BCUT2D eigenvalue weighted by atomic mass is 32.2. The first-order chi connectivity index (χ1) is 16.6. The Labute approximate surface area is 205 Å². The first-order valence-electron chi connectivity index (χ1n) is 11.5. The quantitative estimate of drug-likeness (QED) is 0.239. The third-order valence-corrected chi connectivity index (χ3v) is 6.93. The molecule has 0 bridgehead atoms. The van der Waals surface area contributed by atoms with Crippen LogP contribution in [-0.2, 0) is 37.8 Å². The Bertz CT molecular complexity index is 1090. The van der Waals surface area contributed by atoms with E-state index in [4.69, 9.17) is 9.47 Å². The van der Waals surface area contributed by atoms with Crippen LogP contribution in [-0.4, -0.2) is 80.9 Å². The Balaban J connectivity index is 1.69. The van der Waals surface area contributed by atoms with Gasteiger partial charge in [0.05, 0.1) is 12.8 Å². The van der Waals surface area contributed by atoms with E-state index >= 15 is 0 Å². The van der Waals surface area contributed by atoms with E-state index in [1.807, 2.05) is 14.1 Å². The van der Waals surface area contributed by atoms with Gasteiger partial charge >= 0.3 is 11.9 Å². The Morgan fingerprint density at radius 2 is 2.03 bits per heavy atom. The molecule has 2 atom stereocenters. The molecule has 2 N–H and O–H groups in total. The summed E-state index contributed by atoms with van der Waals surface area (Å²) in [6.07, 6.45) is 4.73. The van der Waals surface area contributed by atoms with Crippen molar-refractivity contribution in [2.75, 3.05) is 33.8 Å². The molecule has 1 fully saturated rings. The number of ether oxygens (including phenoxy) is 2. The van der Waals surface area contributed by atoms with Crippen LogP contribution in [0.25, 0.3) is 0 Å². The number of nitrogens with one attached hydrogen (secondary N) is 2. The van der Waals surface area contributed by atoms with Crippen LogP contribution < -0.4 is 14.8 Å². The molecule has 1 aromatic heterocycles. The van der Waals surface area contributed by atoms with E-state index in [1.165, 1.54) is 17.1 Å². The standard InChI is InChI=1S/C23H33N5O6S/c1-27(2)12-5-13-33-18-9-7-17(8-10-18)14-21(23(30)34-22(29)20-6-4-11-24-20)26-35(31,32)19-15-25-28(3)16-19/h7-10,15-16,20-21,24,26H,4-6,11-14H2,1-3H3/t20-,21-/m0/s1. The molecule has 0 amide bonds. The average molecular weight is 508 g/mol. The van der Waals surface area contributed by atoms with Crippen molar-refractivity contribution >= 4 is 22.0 Å². The largest absolute Gasteiger partial charge is 0.494 e. The highest BCUT2D eigenvalue weighted by molar-refractivity contribution is 7.89. The number of aryl methyl sites for hydroxylation is 1. The zero-order chi connectivity index (χ0) is 25.4. The number of hydrogen-bond donors (Lipinski definition) is 2. The minimum Gasteiger partial charge on any atom is -0.494 e. The van der Waals surface area contributed by atoms with Crippen LogP contribution in [0.4, 0.5) is 0 Å². The zero-order valence-electron chi connectivity index (χ0n) is 20.3. The lowest BCUT2D eigenvalue weighted by Gasteiger charge is -2.18. The molecule has 11 nitrogen and oxygen atoms in total. The fourth-order valence-electron chi connectivity index (χ4n) is 3.62. The van der Waals surface area contributed by atoms with Gasteiger partial charge in [-0.05, 0) is 64.0 Å². The monoisotopic (exact) mass is 507 g/mol. The molecule has 0 unspecified atom stereocenters. The maximum atomic E-state index is 12.9. The van der Waals surface area contributed by atoms with Crippen LogP contribution in [0.5, 0.6) is 5.75 Å². The second-order valence-electron chi connectivity index (χ2n) is 8.77. The second-order valence-corrected chi connectivity index (χ2v) is 10.5. The first-order valence-corrected chi connectivity index (χ1v) is 13.0. The Kier molecular flexibility index (Phi) is 9.38. The predicted octanol–water partition coefficient (Wildman–Crippen LogP) is 0.462. The minimum absolute atomic E-state index is 0.00932. The van der Waals surface area contributed by atoms with Gasteiger partial charge in [0.2, 0.25) is 10.0 Å². The van der Waals surface area contributed by atoms with Gasteiger partial charge in [-0.2, -0.15) is 9.82 Å². The van der Waals surface area contributed by atoms with Gasteiger partial charge in [0.15, 0.2) is 0 Å². The van der Waals surface area contributed by atoms with Crippen molar-refractivity contribution in [1.29, 1.82) is 0 Å². The van der Waals surface area contributed by atoms with Gasteiger partial charge in [0, 0.05) is 19.8 Å². The fraction of sp³-hybridized carbons (Fsp3) is 0.522. The van der Waals surface area contributed by atoms with E-state index in [2.05, 4.69) is 20.0 Å². The summed E-state index contributed by atoms with van der Waals surface area (Å²) in [6, 6.07) is 5.14. The summed E-state index contributed by atoms with van der Waals surface area (Å²) in [4.78, 5) is 27.2. The van der Waals surface area contributed by atoms with E-state index in [-0.39, 0.29) is 11.3 Å². The van der Waals surface area contributed by atoms with Gasteiger partial charge in [-0.15, -0.1) is 0 Å². The smallest absolute Gasteiger partial charge is 0.332 e. The number of carbonyl (C=O) groups is 2. The van der Waals surface area contributed by atoms with Crippen LogP contribution in [0.2, 0.25) is 0 Å². The Morgan fingerprint density at radius 1 is 1.29 bits per heavy atom. The summed E-state index contributed by atoms with van der Waals surface area (Å²) < 4.78 is 40.2. The first kappa shape index (κ1) is 26.8. The van der Waals surface area contributed by atoms with Crippen LogP contribution >= 0.6 is 0 Å². The summed E-state index contributed by atoms with van der Waals surface area (Å²) in [5, 5.41) is 6.84. The van der Waals surface area contributed by atoms with Crippen molar-refractivity contribution in [3.8, 4) is 5.75 Å². The van der Waals surface area contributed by atoms with Crippen LogP contribution in [0, 0.1) is 0 Å². The molecule has 192 valence electrons. The fourth-order valence-corrected chi connectivity index (χ4v) is 4.79. The maximum Gasteiger partial charge on any atom is 0.332 e. The third kappa shape index (κ3) is 8.13. The SMILES string of the molecule is CN(C)CCCOc1ccc(C[C@H](NS(=O)(=O)c2cnn(C)c2)C(=O)OC(=O)[C@@H]2CCCN2)cc1. The number of sulfonamides is 1. The van der Waals surface area contributed by atoms with Crippen molar-refractivity contribution < 1.29 is 27.5 Å². The molecule has 1 aliphatic heterocycles. The summed E-state index contributed by atoms with van der Waals surface area (Å²) in [5.41, 5.74) is 0.674. The Morgan fingerprint density at radius 3 is 2.63 bits per heavy atom. The van der Waals surface area contributed by atoms with Gasteiger partial charge in [-0.1, -0.05) is 12.1 Å². The number of aromatic nitrogens is 2. The van der Waals surface area contributed by atoms with Crippen LogP contribution in [0.3, 0.4) is 0 Å². The number of esters is 2.